The third kappa shape index (κ3) is 1.15. The highest BCUT2D eigenvalue weighted by molar-refractivity contribution is 5.80. The fraction of sp³-hybridized carbons (Fsp3) is 0.222. The molecule has 0 saturated heterocycles. The van der Waals surface area contributed by atoms with Crippen molar-refractivity contribution in [1.82, 2.24) is 4.98 Å². The van der Waals surface area contributed by atoms with Gasteiger partial charge in [0.25, 0.3) is 0 Å². The molecule has 1 aromatic heterocycles. The topological polar surface area (TPSA) is 72.3 Å². The van der Waals surface area contributed by atoms with Gasteiger partial charge < -0.3 is 15.3 Å². The number of phenols is 1. The van der Waals surface area contributed by atoms with Gasteiger partial charge >= 0.3 is 0 Å². The SMILES string of the molecule is CC(N)c1ccc2ncoc2c1O. The van der Waals surface area contributed by atoms with Crippen molar-refractivity contribution >= 4 is 11.1 Å². The zero-order valence-electron chi connectivity index (χ0n) is 7.19. The Balaban J connectivity index is 2.73. The van der Waals surface area contributed by atoms with E-state index in [-0.39, 0.29) is 11.8 Å². The van der Waals surface area contributed by atoms with Gasteiger partial charge in [0.15, 0.2) is 17.7 Å². The lowest BCUT2D eigenvalue weighted by atomic mass is 10.1. The highest BCUT2D eigenvalue weighted by Gasteiger charge is 2.12. The van der Waals surface area contributed by atoms with Crippen LogP contribution < -0.4 is 5.73 Å². The van der Waals surface area contributed by atoms with Crippen molar-refractivity contribution < 1.29 is 9.52 Å². The monoisotopic (exact) mass is 178 g/mol. The van der Waals surface area contributed by atoms with Gasteiger partial charge in [-0.2, -0.15) is 0 Å². The van der Waals surface area contributed by atoms with Crippen LogP contribution in [0, 0.1) is 0 Å². The van der Waals surface area contributed by atoms with Crippen LogP contribution in [-0.2, 0) is 0 Å². The molecule has 0 radical (unpaired) electrons. The Morgan fingerprint density at radius 2 is 2.31 bits per heavy atom. The molecule has 3 N–H and O–H groups in total. The van der Waals surface area contributed by atoms with E-state index in [1.165, 1.54) is 6.39 Å². The first-order valence-corrected chi connectivity index (χ1v) is 4.01. The average Bonchev–Trinajstić information content (AvgIpc) is 2.52. The minimum Gasteiger partial charge on any atom is -0.504 e. The first-order chi connectivity index (χ1) is 6.20. The van der Waals surface area contributed by atoms with E-state index in [1.54, 1.807) is 19.1 Å². The van der Waals surface area contributed by atoms with Crippen molar-refractivity contribution in [1.29, 1.82) is 0 Å². The number of phenolic OH excluding ortho intramolecular Hbond substituents is 1. The number of hydrogen-bond donors (Lipinski definition) is 2. The highest BCUT2D eigenvalue weighted by Crippen LogP contribution is 2.30. The largest absolute Gasteiger partial charge is 0.504 e. The molecule has 2 rings (SSSR count). The van der Waals surface area contributed by atoms with Gasteiger partial charge in [-0.3, -0.25) is 0 Å². The number of benzene rings is 1. The Morgan fingerprint density at radius 3 is 3.00 bits per heavy atom. The summed E-state index contributed by atoms with van der Waals surface area (Å²) in [6, 6.07) is 3.32. The zero-order valence-corrected chi connectivity index (χ0v) is 7.19. The predicted octanol–water partition coefficient (Wildman–Crippen LogP) is 1.55. The second kappa shape index (κ2) is 2.74. The van der Waals surface area contributed by atoms with Gasteiger partial charge in [0.05, 0.1) is 0 Å². The number of aromatic nitrogens is 1. The van der Waals surface area contributed by atoms with Crippen LogP contribution in [0.25, 0.3) is 11.1 Å². The maximum atomic E-state index is 9.70. The second-order valence-electron chi connectivity index (χ2n) is 2.99. The fourth-order valence-electron chi connectivity index (χ4n) is 1.30. The minimum absolute atomic E-state index is 0.0880. The summed E-state index contributed by atoms with van der Waals surface area (Å²) in [4.78, 5) is 3.91. The Kier molecular flexibility index (Phi) is 1.70. The van der Waals surface area contributed by atoms with Crippen LogP contribution in [0.4, 0.5) is 0 Å². The lowest BCUT2D eigenvalue weighted by Gasteiger charge is -2.06. The van der Waals surface area contributed by atoms with Gasteiger partial charge in [-0.05, 0) is 13.0 Å². The third-order valence-electron chi connectivity index (χ3n) is 1.99. The number of fused-ring (bicyclic) bond motifs is 1. The summed E-state index contributed by atoms with van der Waals surface area (Å²) in [6.45, 7) is 1.80. The van der Waals surface area contributed by atoms with Gasteiger partial charge in [-0.25, -0.2) is 4.98 Å². The van der Waals surface area contributed by atoms with Crippen molar-refractivity contribution in [2.24, 2.45) is 5.73 Å². The standard InChI is InChI=1S/C9H10N2O2/c1-5(10)6-2-3-7-9(8(6)12)13-4-11-7/h2-5,12H,10H2,1H3. The molecule has 4 nitrogen and oxygen atoms in total. The van der Waals surface area contributed by atoms with Gasteiger partial charge in [-0.1, -0.05) is 6.07 Å². The summed E-state index contributed by atoms with van der Waals surface area (Å²) in [7, 11) is 0. The van der Waals surface area contributed by atoms with E-state index in [9.17, 15) is 5.11 Å². The van der Waals surface area contributed by atoms with Crippen LogP contribution in [-0.4, -0.2) is 10.1 Å². The quantitative estimate of drug-likeness (QED) is 0.694. The summed E-state index contributed by atoms with van der Waals surface area (Å²) in [5.41, 5.74) is 7.36. The number of oxazole rings is 1. The molecule has 0 aliphatic rings. The molecule has 0 amide bonds. The van der Waals surface area contributed by atoms with E-state index >= 15 is 0 Å². The summed E-state index contributed by atoms with van der Waals surface area (Å²) < 4.78 is 5.02. The van der Waals surface area contributed by atoms with Crippen LogP contribution in [0.2, 0.25) is 0 Å². The smallest absolute Gasteiger partial charge is 0.196 e. The van der Waals surface area contributed by atoms with Crippen molar-refractivity contribution in [3.63, 3.8) is 0 Å². The Morgan fingerprint density at radius 1 is 1.54 bits per heavy atom. The highest BCUT2D eigenvalue weighted by atomic mass is 16.4. The van der Waals surface area contributed by atoms with E-state index in [1.807, 2.05) is 0 Å². The lowest BCUT2D eigenvalue weighted by molar-refractivity contribution is 0.454. The normalized spacial score (nSPS) is 13.4. The molecular weight excluding hydrogens is 168 g/mol. The molecule has 0 aliphatic heterocycles. The molecule has 0 saturated carbocycles. The number of hydrogen-bond acceptors (Lipinski definition) is 4. The summed E-state index contributed by atoms with van der Waals surface area (Å²) >= 11 is 0. The van der Waals surface area contributed by atoms with Gasteiger partial charge in [0.1, 0.15) is 5.52 Å². The first-order valence-electron chi connectivity index (χ1n) is 4.01. The van der Waals surface area contributed by atoms with Crippen LogP contribution in [0.3, 0.4) is 0 Å². The molecule has 0 bridgehead atoms. The van der Waals surface area contributed by atoms with E-state index in [4.69, 9.17) is 10.2 Å². The molecular formula is C9H10N2O2. The van der Waals surface area contributed by atoms with Gasteiger partial charge in [0.2, 0.25) is 0 Å². The third-order valence-corrected chi connectivity index (χ3v) is 1.99. The molecule has 0 fully saturated rings. The molecule has 1 unspecified atom stereocenters. The van der Waals surface area contributed by atoms with E-state index < -0.39 is 0 Å². The van der Waals surface area contributed by atoms with Crippen molar-refractivity contribution in [3.05, 3.63) is 24.1 Å². The first kappa shape index (κ1) is 8.07. The number of aromatic hydroxyl groups is 1. The number of rotatable bonds is 1. The summed E-state index contributed by atoms with van der Waals surface area (Å²) in [6.07, 6.45) is 1.30. The molecule has 4 heteroatoms. The predicted molar refractivity (Wildman–Crippen MR) is 48.3 cm³/mol. The molecule has 0 aliphatic carbocycles. The molecule has 13 heavy (non-hydrogen) atoms. The summed E-state index contributed by atoms with van der Waals surface area (Å²) in [5.74, 6) is 0.0880. The van der Waals surface area contributed by atoms with Crippen LogP contribution in [0.5, 0.6) is 5.75 Å². The molecule has 2 aromatic rings. The molecule has 1 aromatic carbocycles. The molecule has 1 heterocycles. The van der Waals surface area contributed by atoms with Gasteiger partial charge in [0, 0.05) is 11.6 Å². The lowest BCUT2D eigenvalue weighted by Crippen LogP contribution is -2.04. The number of nitrogens with two attached hydrogens (primary N) is 1. The maximum Gasteiger partial charge on any atom is 0.196 e. The van der Waals surface area contributed by atoms with Crippen molar-refractivity contribution in [2.75, 3.05) is 0 Å². The Labute approximate surface area is 75.0 Å². The Bertz CT molecular complexity index is 434. The maximum absolute atomic E-state index is 9.70. The van der Waals surface area contributed by atoms with Crippen LogP contribution in [0.1, 0.15) is 18.5 Å². The molecule has 0 spiro atoms. The molecule has 1 atom stereocenters. The van der Waals surface area contributed by atoms with Crippen molar-refractivity contribution in [2.45, 2.75) is 13.0 Å². The van der Waals surface area contributed by atoms with Crippen LogP contribution in [0.15, 0.2) is 22.9 Å². The zero-order chi connectivity index (χ0) is 9.42. The van der Waals surface area contributed by atoms with E-state index in [0.717, 1.165) is 0 Å². The fourth-order valence-corrected chi connectivity index (χ4v) is 1.30. The van der Waals surface area contributed by atoms with Gasteiger partial charge in [-0.15, -0.1) is 0 Å². The minimum atomic E-state index is -0.213. The molecule has 68 valence electrons. The van der Waals surface area contributed by atoms with Crippen molar-refractivity contribution in [3.8, 4) is 5.75 Å². The second-order valence-corrected chi connectivity index (χ2v) is 2.99. The Hall–Kier alpha value is -1.55. The van der Waals surface area contributed by atoms with Crippen LogP contribution >= 0.6 is 0 Å². The average molecular weight is 178 g/mol. The van der Waals surface area contributed by atoms with E-state index in [2.05, 4.69) is 4.98 Å². The summed E-state index contributed by atoms with van der Waals surface area (Å²) in [5, 5.41) is 9.70. The van der Waals surface area contributed by atoms with E-state index in [0.29, 0.717) is 16.7 Å². The number of nitrogens with zero attached hydrogens (tertiary/aromatic N) is 1.